The lowest BCUT2D eigenvalue weighted by Gasteiger charge is -2.47. The molecule has 2 bridgehead atoms. The van der Waals surface area contributed by atoms with Gasteiger partial charge in [-0.3, -0.25) is 4.90 Å². The summed E-state index contributed by atoms with van der Waals surface area (Å²) >= 11 is 0. The molecule has 4 amide bonds. The fourth-order valence-corrected chi connectivity index (χ4v) is 5.77. The molecule has 1 unspecified atom stereocenters. The minimum absolute atomic E-state index is 0.0282. The van der Waals surface area contributed by atoms with E-state index in [1.165, 1.54) is 5.56 Å². The second-order valence-corrected chi connectivity index (χ2v) is 9.78. The summed E-state index contributed by atoms with van der Waals surface area (Å²) in [6.45, 7) is 2.70. The number of amides is 4. The smallest absolute Gasteiger partial charge is 0.323 e. The highest BCUT2D eigenvalue weighted by Gasteiger charge is 2.47. The van der Waals surface area contributed by atoms with Crippen molar-refractivity contribution in [3.63, 3.8) is 0 Å². The predicted molar refractivity (Wildman–Crippen MR) is 137 cm³/mol. The van der Waals surface area contributed by atoms with E-state index in [0.29, 0.717) is 19.0 Å². The average Bonchev–Trinajstić information content (AvgIpc) is 3.14. The number of carbonyl (C=O) groups is 2. The molecule has 6 nitrogen and oxygen atoms in total. The van der Waals surface area contributed by atoms with Gasteiger partial charge in [-0.1, -0.05) is 66.7 Å². The van der Waals surface area contributed by atoms with Gasteiger partial charge in [0.05, 0.1) is 23.5 Å². The number of hydrogen-bond donors (Lipinski definition) is 0. The van der Waals surface area contributed by atoms with Crippen LogP contribution in [0.4, 0.5) is 21.0 Å². The van der Waals surface area contributed by atoms with Crippen molar-refractivity contribution < 1.29 is 9.59 Å². The summed E-state index contributed by atoms with van der Waals surface area (Å²) in [6.07, 6.45) is 1.90. The van der Waals surface area contributed by atoms with Crippen LogP contribution in [0.15, 0.2) is 91.0 Å². The van der Waals surface area contributed by atoms with Crippen LogP contribution in [-0.2, 0) is 0 Å². The van der Waals surface area contributed by atoms with Gasteiger partial charge in [-0.25, -0.2) is 9.59 Å². The van der Waals surface area contributed by atoms with Gasteiger partial charge in [0.25, 0.3) is 0 Å². The topological polar surface area (TPSA) is 47.1 Å². The Hall–Kier alpha value is -3.80. The first-order chi connectivity index (χ1) is 17.2. The third-order valence-corrected chi connectivity index (χ3v) is 7.62. The Morgan fingerprint density at radius 3 is 1.63 bits per heavy atom. The van der Waals surface area contributed by atoms with Gasteiger partial charge in [0.15, 0.2) is 0 Å². The number of piperazine rings is 1. The maximum atomic E-state index is 13.8. The Morgan fingerprint density at radius 2 is 1.11 bits per heavy atom. The molecule has 3 aliphatic rings. The molecule has 3 aliphatic heterocycles. The van der Waals surface area contributed by atoms with E-state index in [0.717, 1.165) is 37.3 Å². The zero-order valence-electron chi connectivity index (χ0n) is 19.7. The van der Waals surface area contributed by atoms with Crippen molar-refractivity contribution in [1.29, 1.82) is 0 Å². The van der Waals surface area contributed by atoms with Gasteiger partial charge in [0.2, 0.25) is 0 Å². The van der Waals surface area contributed by atoms with Crippen LogP contribution in [0.1, 0.15) is 24.3 Å². The SMILES string of the molecule is O=C(N1CC2CC[C@@H](C1)N2C(=O)N1CC(c2ccccc2)C1)N(c1ccccc1)c1ccccc1. The summed E-state index contributed by atoms with van der Waals surface area (Å²) in [5.41, 5.74) is 3.00. The largest absolute Gasteiger partial charge is 0.329 e. The van der Waals surface area contributed by atoms with E-state index in [1.807, 2.05) is 76.5 Å². The minimum atomic E-state index is -0.0282. The lowest BCUT2D eigenvalue weighted by Crippen LogP contribution is -2.63. The molecular weight excluding hydrogens is 436 g/mol. The lowest BCUT2D eigenvalue weighted by atomic mass is 9.92. The van der Waals surface area contributed by atoms with Crippen LogP contribution in [0.25, 0.3) is 0 Å². The molecule has 6 rings (SSSR count). The van der Waals surface area contributed by atoms with E-state index in [9.17, 15) is 9.59 Å². The molecule has 3 saturated heterocycles. The first-order valence-electron chi connectivity index (χ1n) is 12.5. The van der Waals surface area contributed by atoms with Crippen LogP contribution in [0.2, 0.25) is 0 Å². The summed E-state index contributed by atoms with van der Waals surface area (Å²) in [5, 5.41) is 0. The quantitative estimate of drug-likeness (QED) is 0.525. The molecule has 3 aromatic rings. The fourth-order valence-electron chi connectivity index (χ4n) is 5.77. The fraction of sp³-hybridized carbons (Fsp3) is 0.310. The minimum Gasteiger partial charge on any atom is -0.323 e. The molecular formula is C29H30N4O2. The van der Waals surface area contributed by atoms with Crippen molar-refractivity contribution in [3.8, 4) is 0 Å². The summed E-state index contributed by atoms with van der Waals surface area (Å²) in [4.78, 5) is 35.0. The van der Waals surface area contributed by atoms with Crippen LogP contribution in [0.5, 0.6) is 0 Å². The first-order valence-corrected chi connectivity index (χ1v) is 12.5. The van der Waals surface area contributed by atoms with Crippen molar-refractivity contribution in [1.82, 2.24) is 14.7 Å². The maximum Gasteiger partial charge on any atom is 0.329 e. The number of nitrogens with zero attached hydrogens (tertiary/aromatic N) is 4. The zero-order chi connectivity index (χ0) is 23.8. The highest BCUT2D eigenvalue weighted by Crippen LogP contribution is 2.36. The van der Waals surface area contributed by atoms with E-state index in [1.54, 1.807) is 4.90 Å². The van der Waals surface area contributed by atoms with Gasteiger partial charge >= 0.3 is 12.1 Å². The normalized spacial score (nSPS) is 21.5. The van der Waals surface area contributed by atoms with Crippen LogP contribution in [0.3, 0.4) is 0 Å². The summed E-state index contributed by atoms with van der Waals surface area (Å²) < 4.78 is 0. The molecule has 0 N–H and O–H groups in total. The van der Waals surface area contributed by atoms with E-state index >= 15 is 0 Å². The van der Waals surface area contributed by atoms with Gasteiger partial charge in [-0.05, 0) is 42.7 Å². The summed E-state index contributed by atoms with van der Waals surface area (Å²) in [7, 11) is 0. The van der Waals surface area contributed by atoms with Gasteiger partial charge in [-0.15, -0.1) is 0 Å². The number of benzene rings is 3. The van der Waals surface area contributed by atoms with E-state index in [-0.39, 0.29) is 24.1 Å². The first kappa shape index (κ1) is 21.7. The monoisotopic (exact) mass is 466 g/mol. The number of rotatable bonds is 3. The van der Waals surface area contributed by atoms with Crippen molar-refractivity contribution in [2.45, 2.75) is 30.8 Å². The second-order valence-electron chi connectivity index (χ2n) is 9.78. The van der Waals surface area contributed by atoms with Crippen LogP contribution >= 0.6 is 0 Å². The molecule has 178 valence electrons. The summed E-state index contributed by atoms with van der Waals surface area (Å²) in [6, 6.07) is 30.3. The van der Waals surface area contributed by atoms with Crippen LogP contribution < -0.4 is 4.90 Å². The Kier molecular flexibility index (Phi) is 5.64. The van der Waals surface area contributed by atoms with Crippen LogP contribution in [-0.4, -0.2) is 65.0 Å². The standard InChI is InChI=1S/C29H30N4O2/c34-28(30-18-23(19-30)22-10-4-1-5-11-22)33-26-16-17-27(33)21-31(20-26)29(35)32(24-12-6-2-7-13-24)25-14-8-3-9-15-25/h1-15,23,26-27H,16-21H2/t26-,27?/m0/s1. The van der Waals surface area contributed by atoms with E-state index < -0.39 is 0 Å². The van der Waals surface area contributed by atoms with Gasteiger partial charge in [0.1, 0.15) is 0 Å². The Bertz CT molecular complexity index is 1130. The molecule has 0 aliphatic carbocycles. The lowest BCUT2D eigenvalue weighted by molar-refractivity contribution is 0.0636. The highest BCUT2D eigenvalue weighted by molar-refractivity contribution is 5.99. The van der Waals surface area contributed by atoms with E-state index in [4.69, 9.17) is 0 Å². The van der Waals surface area contributed by atoms with Crippen molar-refractivity contribution in [3.05, 3.63) is 96.6 Å². The molecule has 35 heavy (non-hydrogen) atoms. The highest BCUT2D eigenvalue weighted by atomic mass is 16.2. The molecule has 0 saturated carbocycles. The van der Waals surface area contributed by atoms with Crippen LogP contribution in [0, 0.1) is 0 Å². The van der Waals surface area contributed by atoms with E-state index in [2.05, 4.69) is 29.2 Å². The number of para-hydroxylation sites is 2. The molecule has 0 aromatic heterocycles. The molecule has 3 heterocycles. The number of hydrogen-bond acceptors (Lipinski definition) is 2. The number of urea groups is 2. The number of anilines is 2. The molecule has 6 heteroatoms. The number of likely N-dealkylation sites (tertiary alicyclic amines) is 2. The number of carbonyl (C=O) groups excluding carboxylic acids is 2. The number of fused-ring (bicyclic) bond motifs is 2. The molecule has 0 spiro atoms. The van der Waals surface area contributed by atoms with Gasteiger partial charge in [0, 0.05) is 32.1 Å². The van der Waals surface area contributed by atoms with Gasteiger partial charge in [-0.2, -0.15) is 0 Å². The van der Waals surface area contributed by atoms with Gasteiger partial charge < -0.3 is 14.7 Å². The maximum absolute atomic E-state index is 13.8. The third-order valence-electron chi connectivity index (χ3n) is 7.62. The predicted octanol–water partition coefficient (Wildman–Crippen LogP) is 5.31. The van der Waals surface area contributed by atoms with Crippen molar-refractivity contribution in [2.75, 3.05) is 31.1 Å². The third kappa shape index (κ3) is 4.03. The Morgan fingerprint density at radius 1 is 0.629 bits per heavy atom. The molecule has 3 fully saturated rings. The molecule has 3 aromatic carbocycles. The molecule has 0 radical (unpaired) electrons. The molecule has 2 atom stereocenters. The Labute approximate surface area is 206 Å². The summed E-state index contributed by atoms with van der Waals surface area (Å²) in [5.74, 6) is 0.422. The zero-order valence-corrected chi connectivity index (χ0v) is 19.7. The van der Waals surface area contributed by atoms with Crippen molar-refractivity contribution in [2.24, 2.45) is 0 Å². The second kappa shape index (κ2) is 9.10. The van der Waals surface area contributed by atoms with Crippen molar-refractivity contribution >= 4 is 23.4 Å². The Balaban J connectivity index is 1.16. The average molecular weight is 467 g/mol.